The SMILES string of the molecule is COc1ccc2c(=O)cc(C3C=CC=C3)oc2c1. The quantitative estimate of drug-likeness (QED) is 0.810. The number of fused-ring (bicyclic) bond motifs is 1. The highest BCUT2D eigenvalue weighted by Gasteiger charge is 2.13. The van der Waals surface area contributed by atoms with Crippen molar-refractivity contribution < 1.29 is 9.15 Å². The average molecular weight is 240 g/mol. The monoisotopic (exact) mass is 240 g/mol. The first-order valence-corrected chi connectivity index (χ1v) is 5.75. The van der Waals surface area contributed by atoms with Gasteiger partial charge in [0.2, 0.25) is 0 Å². The van der Waals surface area contributed by atoms with E-state index in [0.29, 0.717) is 22.5 Å². The lowest BCUT2D eigenvalue weighted by Crippen LogP contribution is -2.03. The van der Waals surface area contributed by atoms with Gasteiger partial charge in [-0.1, -0.05) is 24.3 Å². The lowest BCUT2D eigenvalue weighted by molar-refractivity contribution is 0.414. The fourth-order valence-corrected chi connectivity index (χ4v) is 2.07. The number of ether oxygens (including phenoxy) is 1. The molecular formula is C15H12O3. The van der Waals surface area contributed by atoms with Crippen molar-refractivity contribution in [1.82, 2.24) is 0 Å². The topological polar surface area (TPSA) is 39.4 Å². The summed E-state index contributed by atoms with van der Waals surface area (Å²) in [4.78, 5) is 12.0. The molecule has 2 aromatic rings. The maximum Gasteiger partial charge on any atom is 0.192 e. The molecule has 0 N–H and O–H groups in total. The maximum atomic E-state index is 12.0. The van der Waals surface area contributed by atoms with Crippen LogP contribution >= 0.6 is 0 Å². The number of hydrogen-bond acceptors (Lipinski definition) is 3. The van der Waals surface area contributed by atoms with Gasteiger partial charge in [-0.05, 0) is 12.1 Å². The van der Waals surface area contributed by atoms with Gasteiger partial charge in [0.25, 0.3) is 0 Å². The van der Waals surface area contributed by atoms with Crippen LogP contribution in [-0.2, 0) is 0 Å². The van der Waals surface area contributed by atoms with E-state index in [1.165, 1.54) is 0 Å². The van der Waals surface area contributed by atoms with Crippen molar-refractivity contribution in [2.24, 2.45) is 0 Å². The molecule has 1 aromatic heterocycles. The van der Waals surface area contributed by atoms with E-state index in [1.807, 2.05) is 24.3 Å². The zero-order valence-electron chi connectivity index (χ0n) is 9.92. The smallest absolute Gasteiger partial charge is 0.192 e. The summed E-state index contributed by atoms with van der Waals surface area (Å²) >= 11 is 0. The van der Waals surface area contributed by atoms with Gasteiger partial charge in [-0.2, -0.15) is 0 Å². The minimum absolute atomic E-state index is 0.0254. The lowest BCUT2D eigenvalue weighted by Gasteiger charge is -2.07. The van der Waals surface area contributed by atoms with Gasteiger partial charge >= 0.3 is 0 Å². The van der Waals surface area contributed by atoms with Crippen molar-refractivity contribution in [3.05, 3.63) is 64.6 Å². The molecule has 0 saturated carbocycles. The maximum absolute atomic E-state index is 12.0. The highest BCUT2D eigenvalue weighted by molar-refractivity contribution is 5.78. The Morgan fingerprint density at radius 3 is 2.67 bits per heavy atom. The normalized spacial score (nSPS) is 14.5. The molecule has 0 saturated heterocycles. The van der Waals surface area contributed by atoms with Crippen molar-refractivity contribution in [1.29, 1.82) is 0 Å². The summed E-state index contributed by atoms with van der Waals surface area (Å²) in [5.41, 5.74) is 0.535. The molecule has 3 heteroatoms. The van der Waals surface area contributed by atoms with E-state index in [-0.39, 0.29) is 11.3 Å². The van der Waals surface area contributed by atoms with Crippen LogP contribution in [0.1, 0.15) is 11.7 Å². The summed E-state index contributed by atoms with van der Waals surface area (Å²) in [7, 11) is 1.59. The molecule has 0 aliphatic heterocycles. The van der Waals surface area contributed by atoms with Crippen LogP contribution in [0.15, 0.2) is 57.8 Å². The first kappa shape index (κ1) is 10.8. The van der Waals surface area contributed by atoms with Crippen LogP contribution in [0.4, 0.5) is 0 Å². The molecule has 0 fully saturated rings. The number of allylic oxidation sites excluding steroid dienone is 4. The fraction of sp³-hybridized carbons (Fsp3) is 0.133. The first-order valence-electron chi connectivity index (χ1n) is 5.75. The van der Waals surface area contributed by atoms with Gasteiger partial charge in [0, 0.05) is 12.1 Å². The Labute approximate surface area is 104 Å². The van der Waals surface area contributed by atoms with E-state index in [2.05, 4.69) is 0 Å². The van der Waals surface area contributed by atoms with E-state index in [1.54, 1.807) is 31.4 Å². The van der Waals surface area contributed by atoms with Crippen molar-refractivity contribution >= 4 is 11.0 Å². The molecule has 0 radical (unpaired) electrons. The molecular weight excluding hydrogens is 228 g/mol. The summed E-state index contributed by atoms with van der Waals surface area (Å²) < 4.78 is 10.9. The van der Waals surface area contributed by atoms with Crippen LogP contribution in [0, 0.1) is 0 Å². The second kappa shape index (κ2) is 4.18. The van der Waals surface area contributed by atoms with Gasteiger partial charge in [0.1, 0.15) is 17.1 Å². The predicted molar refractivity (Wildman–Crippen MR) is 70.1 cm³/mol. The second-order valence-corrected chi connectivity index (χ2v) is 4.17. The van der Waals surface area contributed by atoms with Crippen LogP contribution in [0.2, 0.25) is 0 Å². The molecule has 1 aromatic carbocycles. The highest BCUT2D eigenvalue weighted by Crippen LogP contribution is 2.26. The summed E-state index contributed by atoms with van der Waals surface area (Å²) in [6.45, 7) is 0. The van der Waals surface area contributed by atoms with Gasteiger partial charge in [-0.3, -0.25) is 4.79 Å². The zero-order chi connectivity index (χ0) is 12.5. The number of rotatable bonds is 2. The second-order valence-electron chi connectivity index (χ2n) is 4.17. The first-order chi connectivity index (χ1) is 8.78. The highest BCUT2D eigenvalue weighted by atomic mass is 16.5. The molecule has 3 rings (SSSR count). The Morgan fingerprint density at radius 1 is 1.17 bits per heavy atom. The van der Waals surface area contributed by atoms with Crippen molar-refractivity contribution in [3.8, 4) is 5.75 Å². The number of hydrogen-bond donors (Lipinski definition) is 0. The summed E-state index contributed by atoms with van der Waals surface area (Å²) in [6, 6.07) is 6.78. The van der Waals surface area contributed by atoms with Crippen LogP contribution in [0.25, 0.3) is 11.0 Å². The molecule has 1 aliphatic rings. The molecule has 18 heavy (non-hydrogen) atoms. The minimum atomic E-state index is -0.0254. The Bertz CT molecular complexity index is 695. The van der Waals surface area contributed by atoms with Gasteiger partial charge in [0.15, 0.2) is 5.43 Å². The Balaban J connectivity index is 2.21. The standard InChI is InChI=1S/C15H12O3/c1-17-11-6-7-12-13(16)9-14(18-15(12)8-11)10-4-2-3-5-10/h2-10H,1H3. The van der Waals surface area contributed by atoms with E-state index in [9.17, 15) is 4.79 Å². The molecule has 3 nitrogen and oxygen atoms in total. The van der Waals surface area contributed by atoms with Gasteiger partial charge in [-0.15, -0.1) is 0 Å². The Morgan fingerprint density at radius 2 is 1.94 bits per heavy atom. The Kier molecular flexibility index (Phi) is 2.52. The largest absolute Gasteiger partial charge is 0.497 e. The number of benzene rings is 1. The van der Waals surface area contributed by atoms with Crippen molar-refractivity contribution in [3.63, 3.8) is 0 Å². The third-order valence-electron chi connectivity index (χ3n) is 3.03. The minimum Gasteiger partial charge on any atom is -0.497 e. The molecule has 1 heterocycles. The van der Waals surface area contributed by atoms with Crippen molar-refractivity contribution in [2.45, 2.75) is 5.92 Å². The van der Waals surface area contributed by atoms with E-state index >= 15 is 0 Å². The van der Waals surface area contributed by atoms with Gasteiger partial charge in [-0.25, -0.2) is 0 Å². The average Bonchev–Trinajstić information content (AvgIpc) is 2.91. The summed E-state index contributed by atoms with van der Waals surface area (Å²) in [6.07, 6.45) is 7.87. The zero-order valence-corrected chi connectivity index (χ0v) is 9.92. The molecule has 1 aliphatic carbocycles. The molecule has 0 atom stereocenters. The number of methoxy groups -OCH3 is 1. The molecule has 0 spiro atoms. The van der Waals surface area contributed by atoms with E-state index < -0.39 is 0 Å². The lowest BCUT2D eigenvalue weighted by atomic mass is 10.1. The fourth-order valence-electron chi connectivity index (χ4n) is 2.07. The molecule has 0 amide bonds. The van der Waals surface area contributed by atoms with Crippen LogP contribution in [0.3, 0.4) is 0 Å². The summed E-state index contributed by atoms with van der Waals surface area (Å²) in [5.74, 6) is 1.39. The van der Waals surface area contributed by atoms with Gasteiger partial charge in [0.05, 0.1) is 18.4 Å². The molecule has 90 valence electrons. The van der Waals surface area contributed by atoms with E-state index in [0.717, 1.165) is 0 Å². The van der Waals surface area contributed by atoms with Crippen molar-refractivity contribution in [2.75, 3.05) is 7.11 Å². The van der Waals surface area contributed by atoms with Crippen LogP contribution < -0.4 is 10.2 Å². The molecule has 0 unspecified atom stereocenters. The van der Waals surface area contributed by atoms with Crippen LogP contribution in [-0.4, -0.2) is 7.11 Å². The Hall–Kier alpha value is -2.29. The van der Waals surface area contributed by atoms with E-state index in [4.69, 9.17) is 9.15 Å². The third-order valence-corrected chi connectivity index (χ3v) is 3.03. The predicted octanol–water partition coefficient (Wildman–Crippen LogP) is 3.01. The molecule has 0 bridgehead atoms. The third kappa shape index (κ3) is 1.74. The van der Waals surface area contributed by atoms with Crippen LogP contribution in [0.5, 0.6) is 5.75 Å². The van der Waals surface area contributed by atoms with Gasteiger partial charge < -0.3 is 9.15 Å². The summed E-state index contributed by atoms with van der Waals surface area (Å²) in [5, 5.41) is 0.575.